The van der Waals surface area contributed by atoms with Crippen molar-refractivity contribution in [2.24, 2.45) is 0 Å². The first-order valence-electron chi connectivity index (χ1n) is 2.33. The molecular weight excluding hydrogens is 127 g/mol. The third-order valence-corrected chi connectivity index (χ3v) is 0.865. The maximum absolute atomic E-state index is 3.03. The molecule has 0 saturated heterocycles. The molecule has 0 radical (unpaired) electrons. The van der Waals surface area contributed by atoms with Crippen LogP contribution in [-0.4, -0.2) is 23.1 Å². The molecule has 1 aromatic carbocycles. The summed E-state index contributed by atoms with van der Waals surface area (Å²) in [6.45, 7) is 2.03. The van der Waals surface area contributed by atoms with Crippen LogP contribution >= 0.6 is 0 Å². The van der Waals surface area contributed by atoms with Gasteiger partial charge in [-0.25, -0.2) is 0 Å². The molecule has 0 nitrogen and oxygen atoms in total. The van der Waals surface area contributed by atoms with E-state index in [1.807, 2.05) is 31.2 Å². The van der Waals surface area contributed by atoms with Gasteiger partial charge in [-0.1, -0.05) is 6.92 Å². The van der Waals surface area contributed by atoms with Crippen LogP contribution < -0.4 is 4.70 Å². The summed E-state index contributed by atoms with van der Waals surface area (Å²) in [6.07, 6.45) is 0. The van der Waals surface area contributed by atoms with Crippen molar-refractivity contribution >= 4 is 23.1 Å². The fraction of sp³-hybridized carbons (Fsp3) is 0.143. The second-order valence-corrected chi connectivity index (χ2v) is 1.55. The topological polar surface area (TPSA) is 0 Å². The molecule has 0 amide bonds. The van der Waals surface area contributed by atoms with E-state index in [0.717, 1.165) is 0 Å². The van der Waals surface area contributed by atoms with Gasteiger partial charge in [-0.2, -0.15) is 35.9 Å². The van der Waals surface area contributed by atoms with Gasteiger partial charge in [-0.05, 0) is 0 Å². The Morgan fingerprint density at radius 1 is 1.33 bits per heavy atom. The van der Waals surface area contributed by atoms with Crippen LogP contribution in [0.2, 0.25) is 0 Å². The molecule has 0 aliphatic rings. The number of hydrogen-bond acceptors (Lipinski definition) is 0. The molecule has 0 bridgehead atoms. The zero-order valence-electron chi connectivity index (χ0n) is 5.39. The van der Waals surface area contributed by atoms with Gasteiger partial charge in [0.05, 0.1) is 0 Å². The van der Waals surface area contributed by atoms with Crippen LogP contribution in [0.4, 0.5) is 0 Å². The van der Waals surface area contributed by atoms with Crippen molar-refractivity contribution in [1.29, 1.82) is 0 Å². The largest absolute Gasteiger partial charge is 2.00 e. The molecule has 0 unspecified atom stereocenters. The summed E-state index contributed by atoms with van der Waals surface area (Å²) in [4.78, 5) is 0. The van der Waals surface area contributed by atoms with Crippen molar-refractivity contribution < 1.29 is 4.70 Å². The van der Waals surface area contributed by atoms with Gasteiger partial charge < -0.3 is 4.70 Å². The van der Waals surface area contributed by atoms with Gasteiger partial charge in [0, 0.05) is 0 Å². The predicted molar refractivity (Wildman–Crippen MR) is 35.8 cm³/mol. The number of hydrogen-bond donors (Lipinski definition) is 0. The number of benzene rings is 1. The molecular formula is C7H7FMg. The third-order valence-electron chi connectivity index (χ3n) is 0.865. The standard InChI is InChI=1S/C7H7.FH.Mg/c1-7-5-3-2-4-6-7;;/h2-5H,1H3;1H;/q-1;;+2/p-1. The Kier molecular flexibility index (Phi) is 7.84. The van der Waals surface area contributed by atoms with Gasteiger partial charge in [0.2, 0.25) is 0 Å². The molecule has 0 aliphatic carbocycles. The average Bonchev–Trinajstić information content (AvgIpc) is 1.69. The summed E-state index contributed by atoms with van der Waals surface area (Å²) >= 11 is 0. The fourth-order valence-electron chi connectivity index (χ4n) is 0.483. The van der Waals surface area contributed by atoms with Gasteiger partial charge in [0.15, 0.2) is 0 Å². The van der Waals surface area contributed by atoms with Gasteiger partial charge in [-0.15, -0.1) is 0 Å². The molecule has 1 rings (SSSR count). The van der Waals surface area contributed by atoms with Crippen LogP contribution in [0, 0.1) is 13.0 Å². The summed E-state index contributed by atoms with van der Waals surface area (Å²) in [5, 5.41) is 0. The monoisotopic (exact) mass is 134 g/mol. The van der Waals surface area contributed by atoms with E-state index in [0.29, 0.717) is 0 Å². The van der Waals surface area contributed by atoms with Crippen molar-refractivity contribution in [3.05, 3.63) is 35.9 Å². The van der Waals surface area contributed by atoms with Crippen molar-refractivity contribution in [2.75, 3.05) is 0 Å². The Morgan fingerprint density at radius 2 is 2.00 bits per heavy atom. The van der Waals surface area contributed by atoms with E-state index in [1.165, 1.54) is 5.56 Å². The summed E-state index contributed by atoms with van der Waals surface area (Å²) in [5.74, 6) is 0. The molecule has 0 fully saturated rings. The van der Waals surface area contributed by atoms with E-state index in [1.54, 1.807) is 0 Å². The fourth-order valence-corrected chi connectivity index (χ4v) is 0.483. The van der Waals surface area contributed by atoms with Crippen LogP contribution in [-0.2, 0) is 0 Å². The van der Waals surface area contributed by atoms with E-state index in [2.05, 4.69) is 6.07 Å². The number of halogens is 1. The van der Waals surface area contributed by atoms with Crippen molar-refractivity contribution in [1.82, 2.24) is 0 Å². The Morgan fingerprint density at radius 3 is 2.22 bits per heavy atom. The first-order valence-corrected chi connectivity index (χ1v) is 2.33. The van der Waals surface area contributed by atoms with Crippen molar-refractivity contribution in [2.45, 2.75) is 6.92 Å². The van der Waals surface area contributed by atoms with Crippen LogP contribution in [0.5, 0.6) is 0 Å². The predicted octanol–water partition coefficient (Wildman–Crippen LogP) is -1.58. The van der Waals surface area contributed by atoms with Gasteiger partial charge in [0.25, 0.3) is 0 Å². The normalized spacial score (nSPS) is 6.78. The minimum Gasteiger partial charge on any atom is -1.00 e. The molecule has 0 saturated carbocycles. The zero-order chi connectivity index (χ0) is 5.11. The Hall–Kier alpha value is -0.0838. The Balaban J connectivity index is 0. The molecule has 0 atom stereocenters. The molecule has 0 spiro atoms. The minimum absolute atomic E-state index is 0. The third kappa shape index (κ3) is 4.42. The smallest absolute Gasteiger partial charge is 1.00 e. The first kappa shape index (κ1) is 11.7. The van der Waals surface area contributed by atoms with Crippen LogP contribution in [0.15, 0.2) is 24.3 Å². The Labute approximate surface area is 70.8 Å². The van der Waals surface area contributed by atoms with Crippen LogP contribution in [0.25, 0.3) is 0 Å². The van der Waals surface area contributed by atoms with Crippen molar-refractivity contribution in [3.63, 3.8) is 0 Å². The molecule has 0 heterocycles. The van der Waals surface area contributed by atoms with E-state index >= 15 is 0 Å². The molecule has 1 aromatic rings. The maximum Gasteiger partial charge on any atom is 2.00 e. The first-order chi connectivity index (χ1) is 3.39. The quantitative estimate of drug-likeness (QED) is 0.297. The minimum atomic E-state index is 0. The molecule has 0 N–H and O–H groups in total. The molecule has 9 heavy (non-hydrogen) atoms. The van der Waals surface area contributed by atoms with Gasteiger partial charge in [0.1, 0.15) is 0 Å². The summed E-state index contributed by atoms with van der Waals surface area (Å²) in [5.41, 5.74) is 1.20. The second-order valence-electron chi connectivity index (χ2n) is 1.55. The van der Waals surface area contributed by atoms with E-state index in [4.69, 9.17) is 0 Å². The van der Waals surface area contributed by atoms with Gasteiger partial charge in [-0.3, -0.25) is 0 Å². The summed E-state index contributed by atoms with van der Waals surface area (Å²) in [7, 11) is 0. The molecule has 2 heteroatoms. The molecule has 0 aromatic heterocycles. The van der Waals surface area contributed by atoms with E-state index in [9.17, 15) is 0 Å². The molecule has 44 valence electrons. The zero-order valence-corrected chi connectivity index (χ0v) is 6.81. The van der Waals surface area contributed by atoms with Gasteiger partial charge >= 0.3 is 23.1 Å². The van der Waals surface area contributed by atoms with Crippen LogP contribution in [0.1, 0.15) is 5.56 Å². The maximum atomic E-state index is 3.03. The average molecular weight is 134 g/mol. The second kappa shape index (κ2) is 6.04. The summed E-state index contributed by atoms with van der Waals surface area (Å²) in [6, 6.07) is 10.9. The van der Waals surface area contributed by atoms with Crippen molar-refractivity contribution in [3.8, 4) is 0 Å². The number of aryl methyl sites for hydroxylation is 1. The summed E-state index contributed by atoms with van der Waals surface area (Å²) < 4.78 is 0. The van der Waals surface area contributed by atoms with Crippen LogP contribution in [0.3, 0.4) is 0 Å². The number of rotatable bonds is 0. The van der Waals surface area contributed by atoms with E-state index in [-0.39, 0.29) is 27.8 Å². The molecule has 0 aliphatic heterocycles. The van der Waals surface area contributed by atoms with E-state index < -0.39 is 0 Å². The Bertz CT molecular complexity index is 139. The SMILES string of the molecule is Cc1[c-]cccc1.[F-].[Mg+2].